The first kappa shape index (κ1) is 18.6. The van der Waals surface area contributed by atoms with E-state index in [1.807, 2.05) is 6.07 Å². The van der Waals surface area contributed by atoms with E-state index in [1.165, 1.54) is 37.3 Å². The molecule has 8 heteroatoms. The number of hydrogen-bond acceptors (Lipinski definition) is 4. The average Bonchev–Trinajstić information content (AvgIpc) is 2.95. The number of carbonyl (C=O) groups is 2. The van der Waals surface area contributed by atoms with Crippen LogP contribution in [0.4, 0.5) is 10.1 Å². The Bertz CT molecular complexity index is 1030. The third-order valence-electron chi connectivity index (χ3n) is 3.65. The van der Waals surface area contributed by atoms with Crippen molar-refractivity contribution in [3.05, 3.63) is 71.4 Å². The zero-order valence-electron chi connectivity index (χ0n) is 14.2. The molecule has 0 fully saturated rings. The van der Waals surface area contributed by atoms with Gasteiger partial charge in [0.2, 0.25) is 0 Å². The number of carbonyl (C=O) groups excluding carboxylic acids is 2. The summed E-state index contributed by atoms with van der Waals surface area (Å²) in [6.45, 7) is 1.42. The Morgan fingerprint density at radius 3 is 2.89 bits per heavy atom. The summed E-state index contributed by atoms with van der Waals surface area (Å²) < 4.78 is 19.9. The number of anilines is 1. The van der Waals surface area contributed by atoms with Gasteiger partial charge in [-0.15, -0.1) is 0 Å². The number of nitrogens with zero attached hydrogens (tertiary/aromatic N) is 2. The third kappa shape index (κ3) is 4.51. The highest BCUT2D eigenvalue weighted by atomic mass is 35.5. The molecule has 138 valence electrons. The van der Waals surface area contributed by atoms with Gasteiger partial charge in [0.1, 0.15) is 11.5 Å². The molecule has 2 heterocycles. The molecule has 1 atom stereocenters. The second kappa shape index (κ2) is 8.01. The van der Waals surface area contributed by atoms with Gasteiger partial charge in [-0.3, -0.25) is 9.20 Å². The van der Waals surface area contributed by atoms with E-state index in [2.05, 4.69) is 10.3 Å². The van der Waals surface area contributed by atoms with Crippen molar-refractivity contribution < 1.29 is 18.7 Å². The van der Waals surface area contributed by atoms with Gasteiger partial charge in [-0.2, -0.15) is 0 Å². The lowest BCUT2D eigenvalue weighted by Gasteiger charge is -2.12. The summed E-state index contributed by atoms with van der Waals surface area (Å²) in [5.41, 5.74) is 1.43. The van der Waals surface area contributed by atoms with E-state index in [-0.39, 0.29) is 10.8 Å². The summed E-state index contributed by atoms with van der Waals surface area (Å²) in [4.78, 5) is 28.2. The summed E-state index contributed by atoms with van der Waals surface area (Å²) in [7, 11) is 0. The fraction of sp³-hybridized carbons (Fsp3) is 0.105. The summed E-state index contributed by atoms with van der Waals surface area (Å²) in [6.07, 6.45) is 3.31. The number of esters is 1. The highest BCUT2D eigenvalue weighted by molar-refractivity contribution is 6.31. The number of hydrogen-bond donors (Lipinski definition) is 1. The first-order chi connectivity index (χ1) is 12.9. The van der Waals surface area contributed by atoms with Crippen molar-refractivity contribution in [3.8, 4) is 0 Å². The van der Waals surface area contributed by atoms with Crippen LogP contribution in [0, 0.1) is 5.82 Å². The molecule has 1 aromatic carbocycles. The molecule has 0 aliphatic carbocycles. The lowest BCUT2D eigenvalue weighted by Crippen LogP contribution is -2.29. The molecule has 0 saturated carbocycles. The highest BCUT2D eigenvalue weighted by Gasteiger charge is 2.17. The maximum absolute atomic E-state index is 13.1. The monoisotopic (exact) mass is 387 g/mol. The Morgan fingerprint density at radius 1 is 1.30 bits per heavy atom. The normalized spacial score (nSPS) is 12.3. The zero-order chi connectivity index (χ0) is 19.4. The quantitative estimate of drug-likeness (QED) is 0.535. The minimum absolute atomic E-state index is 0.238. The first-order valence-electron chi connectivity index (χ1n) is 8.02. The molecule has 0 saturated heterocycles. The molecule has 3 rings (SSSR count). The Morgan fingerprint density at radius 2 is 2.11 bits per heavy atom. The van der Waals surface area contributed by atoms with Crippen LogP contribution < -0.4 is 5.32 Å². The second-order valence-electron chi connectivity index (χ2n) is 5.63. The Kier molecular flexibility index (Phi) is 5.52. The summed E-state index contributed by atoms with van der Waals surface area (Å²) >= 11 is 6.08. The Hall–Kier alpha value is -3.19. The SMILES string of the molecule is C[C@@H](OC(=O)/C=C/c1c(Cl)nc2ccccn12)C(=O)Nc1cccc(F)c1. The zero-order valence-corrected chi connectivity index (χ0v) is 15.0. The fourth-order valence-corrected chi connectivity index (χ4v) is 2.60. The van der Waals surface area contributed by atoms with Crippen LogP contribution in [-0.4, -0.2) is 27.4 Å². The molecular formula is C19H15ClFN3O3. The van der Waals surface area contributed by atoms with Gasteiger partial charge in [0, 0.05) is 18.0 Å². The predicted octanol–water partition coefficient (Wildman–Crippen LogP) is 3.71. The number of fused-ring (bicyclic) bond motifs is 1. The number of amides is 1. The number of pyridine rings is 1. The summed E-state index contributed by atoms with van der Waals surface area (Å²) in [5.74, 6) is -1.78. The van der Waals surface area contributed by atoms with Crippen LogP contribution in [0.1, 0.15) is 12.6 Å². The molecule has 0 aliphatic heterocycles. The second-order valence-corrected chi connectivity index (χ2v) is 5.99. The molecule has 3 aromatic rings. The van der Waals surface area contributed by atoms with Gasteiger partial charge in [0.05, 0.1) is 5.69 Å². The Labute approximate surface area is 159 Å². The number of ether oxygens (including phenoxy) is 1. The van der Waals surface area contributed by atoms with Gasteiger partial charge in [0.25, 0.3) is 5.91 Å². The van der Waals surface area contributed by atoms with Gasteiger partial charge in [-0.1, -0.05) is 23.7 Å². The fourth-order valence-electron chi connectivity index (χ4n) is 2.36. The van der Waals surface area contributed by atoms with Gasteiger partial charge in [0.15, 0.2) is 11.3 Å². The maximum Gasteiger partial charge on any atom is 0.331 e. The molecule has 0 spiro atoms. The van der Waals surface area contributed by atoms with Crippen LogP contribution in [0.2, 0.25) is 5.15 Å². The van der Waals surface area contributed by atoms with Crippen LogP contribution in [0.5, 0.6) is 0 Å². The van der Waals surface area contributed by atoms with E-state index in [0.29, 0.717) is 11.3 Å². The number of nitrogens with one attached hydrogen (secondary N) is 1. The minimum Gasteiger partial charge on any atom is -0.449 e. The van der Waals surface area contributed by atoms with E-state index in [9.17, 15) is 14.0 Å². The number of imidazole rings is 1. The molecular weight excluding hydrogens is 373 g/mol. The molecule has 2 aromatic heterocycles. The molecule has 1 amide bonds. The minimum atomic E-state index is -1.07. The van der Waals surface area contributed by atoms with Crippen molar-refractivity contribution in [2.75, 3.05) is 5.32 Å². The van der Waals surface area contributed by atoms with Crippen LogP contribution >= 0.6 is 11.6 Å². The predicted molar refractivity (Wildman–Crippen MR) is 99.8 cm³/mol. The van der Waals surface area contributed by atoms with E-state index in [0.717, 1.165) is 6.08 Å². The highest BCUT2D eigenvalue weighted by Crippen LogP contribution is 2.19. The summed E-state index contributed by atoms with van der Waals surface area (Å²) in [5, 5.41) is 2.71. The molecule has 1 N–H and O–H groups in total. The van der Waals surface area contributed by atoms with Crippen LogP contribution in [0.25, 0.3) is 11.7 Å². The van der Waals surface area contributed by atoms with E-state index in [4.69, 9.17) is 16.3 Å². The van der Waals surface area contributed by atoms with Crippen molar-refractivity contribution in [3.63, 3.8) is 0 Å². The Balaban J connectivity index is 1.63. The van der Waals surface area contributed by atoms with Gasteiger partial charge >= 0.3 is 5.97 Å². The van der Waals surface area contributed by atoms with Gasteiger partial charge in [-0.25, -0.2) is 14.2 Å². The number of rotatable bonds is 5. The van der Waals surface area contributed by atoms with Crippen molar-refractivity contribution in [1.29, 1.82) is 0 Å². The smallest absolute Gasteiger partial charge is 0.331 e. The van der Waals surface area contributed by atoms with Crippen molar-refractivity contribution >= 4 is 40.9 Å². The first-order valence-corrected chi connectivity index (χ1v) is 8.39. The van der Waals surface area contributed by atoms with Crippen LogP contribution in [-0.2, 0) is 14.3 Å². The molecule has 0 bridgehead atoms. The van der Waals surface area contributed by atoms with E-state index < -0.39 is 23.8 Å². The standard InChI is InChI=1S/C19H15ClFN3O3/c1-12(19(26)22-14-6-4-5-13(21)11-14)27-17(25)9-8-15-18(20)23-16-7-2-3-10-24(15)16/h2-12H,1H3,(H,22,26)/b9-8+/t12-/m1/s1. The molecule has 0 unspecified atom stereocenters. The van der Waals surface area contributed by atoms with Crippen LogP contribution in [0.3, 0.4) is 0 Å². The van der Waals surface area contributed by atoms with Gasteiger partial charge < -0.3 is 10.1 Å². The maximum atomic E-state index is 13.1. The summed E-state index contributed by atoms with van der Waals surface area (Å²) in [6, 6.07) is 10.8. The van der Waals surface area contributed by atoms with Crippen molar-refractivity contribution in [2.45, 2.75) is 13.0 Å². The lowest BCUT2D eigenvalue weighted by atomic mass is 10.3. The number of halogens is 2. The molecule has 0 radical (unpaired) electrons. The van der Waals surface area contributed by atoms with Crippen molar-refractivity contribution in [1.82, 2.24) is 9.38 Å². The lowest BCUT2D eigenvalue weighted by molar-refractivity contribution is -0.148. The third-order valence-corrected chi connectivity index (χ3v) is 3.93. The molecule has 0 aliphatic rings. The van der Waals surface area contributed by atoms with Gasteiger partial charge in [-0.05, 0) is 43.3 Å². The number of benzene rings is 1. The van der Waals surface area contributed by atoms with E-state index >= 15 is 0 Å². The van der Waals surface area contributed by atoms with E-state index in [1.54, 1.807) is 22.7 Å². The topological polar surface area (TPSA) is 72.7 Å². The molecule has 6 nitrogen and oxygen atoms in total. The number of aromatic nitrogens is 2. The molecule has 27 heavy (non-hydrogen) atoms. The van der Waals surface area contributed by atoms with Crippen molar-refractivity contribution in [2.24, 2.45) is 0 Å². The largest absolute Gasteiger partial charge is 0.449 e. The average molecular weight is 388 g/mol. The van der Waals surface area contributed by atoms with Crippen LogP contribution in [0.15, 0.2) is 54.7 Å².